The van der Waals surface area contributed by atoms with Gasteiger partial charge in [0.2, 0.25) is 0 Å². The van der Waals surface area contributed by atoms with Crippen LogP contribution in [0.5, 0.6) is 11.5 Å². The number of H-pyrrole nitrogens is 1. The summed E-state index contributed by atoms with van der Waals surface area (Å²) < 4.78 is 12.1. The maximum atomic E-state index is 12.6. The number of fused-ring (bicyclic) bond motifs is 1. The number of halogens is 1. The van der Waals surface area contributed by atoms with E-state index in [1.165, 1.54) is 13.3 Å². The van der Waals surface area contributed by atoms with Gasteiger partial charge in [0.05, 0.1) is 30.8 Å². The van der Waals surface area contributed by atoms with Crippen LogP contribution in [-0.2, 0) is 0 Å². The number of nitrogens with zero attached hydrogens (tertiary/aromatic N) is 2. The molecular formula is C21H22ClN3O4. The average Bonchev–Trinajstić information content (AvgIpc) is 2.65. The lowest BCUT2D eigenvalue weighted by molar-refractivity contribution is 0.191. The standard InChI is InChI=1S/C21H22ClN3O4/c1-21(2,3)12-29-18-13(9-14(22)10-17(18)28-4)11-23-25-19(26)15-7-5-6-8-16(15)24-20(25)27/h5-11H,12H2,1-4H3,(H,24,27). The highest BCUT2D eigenvalue weighted by Gasteiger charge is 2.17. The molecule has 1 N–H and O–H groups in total. The fourth-order valence-electron chi connectivity index (χ4n) is 2.66. The van der Waals surface area contributed by atoms with E-state index in [2.05, 4.69) is 10.1 Å². The van der Waals surface area contributed by atoms with E-state index in [0.717, 1.165) is 4.68 Å². The lowest BCUT2D eigenvalue weighted by Gasteiger charge is -2.21. The topological polar surface area (TPSA) is 85.7 Å². The Balaban J connectivity index is 2.09. The second-order valence-electron chi connectivity index (χ2n) is 7.71. The number of hydrogen-bond acceptors (Lipinski definition) is 5. The van der Waals surface area contributed by atoms with Gasteiger partial charge in [-0.05, 0) is 23.6 Å². The van der Waals surface area contributed by atoms with Crippen LogP contribution >= 0.6 is 11.6 Å². The van der Waals surface area contributed by atoms with E-state index < -0.39 is 11.2 Å². The molecule has 0 bridgehead atoms. The molecule has 1 heterocycles. The zero-order valence-corrected chi connectivity index (χ0v) is 17.4. The summed E-state index contributed by atoms with van der Waals surface area (Å²) in [5.41, 5.74) is -0.320. The Morgan fingerprint density at radius 2 is 1.93 bits per heavy atom. The van der Waals surface area contributed by atoms with Crippen LogP contribution in [0.1, 0.15) is 26.3 Å². The lowest BCUT2D eigenvalue weighted by atomic mass is 9.98. The average molecular weight is 416 g/mol. The molecule has 3 aromatic rings. The van der Waals surface area contributed by atoms with Crippen molar-refractivity contribution in [1.29, 1.82) is 0 Å². The van der Waals surface area contributed by atoms with E-state index in [1.54, 1.807) is 36.4 Å². The predicted molar refractivity (Wildman–Crippen MR) is 115 cm³/mol. The molecule has 7 nitrogen and oxygen atoms in total. The number of nitrogens with one attached hydrogen (secondary N) is 1. The van der Waals surface area contributed by atoms with Gasteiger partial charge in [-0.3, -0.25) is 4.79 Å². The molecule has 0 saturated carbocycles. The van der Waals surface area contributed by atoms with Gasteiger partial charge in [-0.15, -0.1) is 4.68 Å². The number of ether oxygens (including phenoxy) is 2. The Labute approximate surface area is 172 Å². The van der Waals surface area contributed by atoms with Gasteiger partial charge in [0.25, 0.3) is 5.56 Å². The highest BCUT2D eigenvalue weighted by atomic mass is 35.5. The summed E-state index contributed by atoms with van der Waals surface area (Å²) in [6.45, 7) is 6.54. The number of rotatable bonds is 5. The smallest absolute Gasteiger partial charge is 0.349 e. The molecule has 3 rings (SSSR count). The van der Waals surface area contributed by atoms with Crippen LogP contribution in [0, 0.1) is 5.41 Å². The van der Waals surface area contributed by atoms with Gasteiger partial charge < -0.3 is 14.5 Å². The zero-order valence-electron chi connectivity index (χ0n) is 16.7. The summed E-state index contributed by atoms with van der Waals surface area (Å²) in [6.07, 6.45) is 1.36. The van der Waals surface area contributed by atoms with E-state index in [1.807, 2.05) is 20.8 Å². The van der Waals surface area contributed by atoms with Crippen LogP contribution < -0.4 is 20.7 Å². The first kappa shape index (κ1) is 20.7. The predicted octanol–water partition coefficient (Wildman–Crippen LogP) is 3.66. The summed E-state index contributed by atoms with van der Waals surface area (Å²) in [5.74, 6) is 0.865. The fraction of sp³-hybridized carbons (Fsp3) is 0.286. The molecule has 0 aliphatic heterocycles. The maximum Gasteiger partial charge on any atom is 0.349 e. The third kappa shape index (κ3) is 4.68. The highest BCUT2D eigenvalue weighted by molar-refractivity contribution is 6.31. The van der Waals surface area contributed by atoms with Crippen LogP contribution in [0.15, 0.2) is 51.1 Å². The van der Waals surface area contributed by atoms with Crippen LogP contribution in [0.2, 0.25) is 5.02 Å². The summed E-state index contributed by atoms with van der Waals surface area (Å²) in [5, 5.41) is 4.86. The summed E-state index contributed by atoms with van der Waals surface area (Å²) >= 11 is 6.18. The summed E-state index contributed by atoms with van der Waals surface area (Å²) in [7, 11) is 1.51. The van der Waals surface area contributed by atoms with Crippen LogP contribution in [-0.4, -0.2) is 29.6 Å². The summed E-state index contributed by atoms with van der Waals surface area (Å²) in [6, 6.07) is 10.0. The first-order valence-electron chi connectivity index (χ1n) is 8.98. The van der Waals surface area contributed by atoms with Crippen molar-refractivity contribution in [3.05, 3.63) is 67.8 Å². The van der Waals surface area contributed by atoms with E-state index in [-0.39, 0.29) is 5.41 Å². The molecule has 29 heavy (non-hydrogen) atoms. The number of aromatic amines is 1. The van der Waals surface area contributed by atoms with Gasteiger partial charge in [-0.25, -0.2) is 4.79 Å². The van der Waals surface area contributed by atoms with Crippen LogP contribution in [0.25, 0.3) is 10.9 Å². The van der Waals surface area contributed by atoms with E-state index in [9.17, 15) is 9.59 Å². The molecule has 0 saturated heterocycles. The van der Waals surface area contributed by atoms with Crippen molar-refractivity contribution >= 4 is 28.7 Å². The Morgan fingerprint density at radius 1 is 1.21 bits per heavy atom. The Kier molecular flexibility index (Phi) is 5.79. The Hall–Kier alpha value is -3.06. The van der Waals surface area contributed by atoms with E-state index in [0.29, 0.717) is 39.6 Å². The fourth-order valence-corrected chi connectivity index (χ4v) is 2.87. The van der Waals surface area contributed by atoms with Gasteiger partial charge in [0.1, 0.15) is 0 Å². The molecule has 0 aliphatic carbocycles. The van der Waals surface area contributed by atoms with Crippen molar-refractivity contribution in [3.63, 3.8) is 0 Å². The monoisotopic (exact) mass is 415 g/mol. The third-order valence-electron chi connectivity index (χ3n) is 4.01. The Bertz CT molecular complexity index is 1190. The molecule has 0 unspecified atom stereocenters. The van der Waals surface area contributed by atoms with Crippen molar-refractivity contribution in [3.8, 4) is 11.5 Å². The van der Waals surface area contributed by atoms with Crippen molar-refractivity contribution in [2.75, 3.05) is 13.7 Å². The van der Waals surface area contributed by atoms with Crippen molar-refractivity contribution in [2.45, 2.75) is 20.8 Å². The molecule has 0 radical (unpaired) electrons. The molecule has 0 aliphatic rings. The third-order valence-corrected chi connectivity index (χ3v) is 4.23. The first-order chi connectivity index (χ1) is 13.7. The maximum absolute atomic E-state index is 12.6. The minimum Gasteiger partial charge on any atom is -0.493 e. The van der Waals surface area contributed by atoms with Crippen LogP contribution in [0.3, 0.4) is 0 Å². The Morgan fingerprint density at radius 3 is 2.62 bits per heavy atom. The first-order valence-corrected chi connectivity index (χ1v) is 9.36. The second-order valence-corrected chi connectivity index (χ2v) is 8.15. The molecule has 152 valence electrons. The molecule has 2 aromatic carbocycles. The molecular weight excluding hydrogens is 394 g/mol. The minimum absolute atomic E-state index is 0.0918. The van der Waals surface area contributed by atoms with Gasteiger partial charge in [0, 0.05) is 16.7 Å². The largest absolute Gasteiger partial charge is 0.493 e. The minimum atomic E-state index is -0.642. The zero-order chi connectivity index (χ0) is 21.2. The van der Waals surface area contributed by atoms with E-state index in [4.69, 9.17) is 21.1 Å². The molecule has 0 fully saturated rings. The van der Waals surface area contributed by atoms with Gasteiger partial charge in [-0.1, -0.05) is 44.5 Å². The summed E-state index contributed by atoms with van der Waals surface area (Å²) in [4.78, 5) is 27.6. The molecule has 0 spiro atoms. The van der Waals surface area contributed by atoms with Crippen molar-refractivity contribution in [2.24, 2.45) is 10.5 Å². The van der Waals surface area contributed by atoms with Gasteiger partial charge in [0.15, 0.2) is 11.5 Å². The quantitative estimate of drug-likeness (QED) is 0.644. The number of para-hydroxylation sites is 1. The molecule has 0 atom stereocenters. The van der Waals surface area contributed by atoms with E-state index >= 15 is 0 Å². The SMILES string of the molecule is COc1cc(Cl)cc(C=Nn2c(=O)[nH]c3ccccc3c2=O)c1OCC(C)(C)C. The number of methoxy groups -OCH3 is 1. The second kappa shape index (κ2) is 8.13. The van der Waals surface area contributed by atoms with Crippen LogP contribution in [0.4, 0.5) is 0 Å². The molecule has 1 aromatic heterocycles. The number of benzene rings is 2. The molecule has 0 amide bonds. The lowest BCUT2D eigenvalue weighted by Crippen LogP contribution is -2.32. The highest BCUT2D eigenvalue weighted by Crippen LogP contribution is 2.35. The molecule has 8 heteroatoms. The van der Waals surface area contributed by atoms with Crippen molar-refractivity contribution < 1.29 is 9.47 Å². The normalized spacial score (nSPS) is 11.9. The van der Waals surface area contributed by atoms with Gasteiger partial charge in [-0.2, -0.15) is 5.10 Å². The number of hydrogen-bond donors (Lipinski definition) is 1. The number of aromatic nitrogens is 2. The van der Waals surface area contributed by atoms with Gasteiger partial charge >= 0.3 is 5.69 Å². The van der Waals surface area contributed by atoms with Crippen molar-refractivity contribution in [1.82, 2.24) is 9.66 Å².